The lowest BCUT2D eigenvalue weighted by Crippen LogP contribution is -2.22. The van der Waals surface area contributed by atoms with Gasteiger partial charge >= 0.3 is 0 Å². The van der Waals surface area contributed by atoms with Gasteiger partial charge in [0.05, 0.1) is 11.1 Å². The zero-order chi connectivity index (χ0) is 18.3. The first kappa shape index (κ1) is 17.8. The molecule has 0 saturated heterocycles. The highest BCUT2D eigenvalue weighted by Gasteiger charge is 2.23. The molecule has 1 aromatic carbocycles. The SMILES string of the molecule is Cc1cccc(-n2c(SCCC(C)C)nc3sc4c(c3c2=O)CCC4)c1. The lowest BCUT2D eigenvalue weighted by Gasteiger charge is -2.13. The van der Waals surface area contributed by atoms with Crippen LogP contribution in [0.25, 0.3) is 15.9 Å². The summed E-state index contributed by atoms with van der Waals surface area (Å²) in [5.41, 5.74) is 3.44. The van der Waals surface area contributed by atoms with Gasteiger partial charge in [0, 0.05) is 10.6 Å². The largest absolute Gasteiger partial charge is 0.268 e. The monoisotopic (exact) mass is 384 g/mol. The van der Waals surface area contributed by atoms with Crippen LogP contribution in [0.4, 0.5) is 0 Å². The fourth-order valence-corrected chi connectivity index (χ4v) is 6.06. The van der Waals surface area contributed by atoms with Crippen LogP contribution in [0.2, 0.25) is 0 Å². The van der Waals surface area contributed by atoms with E-state index in [1.54, 1.807) is 23.1 Å². The van der Waals surface area contributed by atoms with Crippen molar-refractivity contribution in [1.82, 2.24) is 9.55 Å². The van der Waals surface area contributed by atoms with E-state index in [2.05, 4.69) is 32.9 Å². The summed E-state index contributed by atoms with van der Waals surface area (Å²) in [6, 6.07) is 8.17. The average Bonchev–Trinajstić information content (AvgIpc) is 3.15. The number of fused-ring (bicyclic) bond motifs is 3. The molecule has 3 aromatic rings. The van der Waals surface area contributed by atoms with Gasteiger partial charge < -0.3 is 0 Å². The second-order valence-electron chi connectivity index (χ2n) is 7.44. The van der Waals surface area contributed by atoms with Crippen LogP contribution in [0.15, 0.2) is 34.2 Å². The number of benzene rings is 1. The van der Waals surface area contributed by atoms with Crippen LogP contribution >= 0.6 is 23.1 Å². The van der Waals surface area contributed by atoms with Gasteiger partial charge in [-0.15, -0.1) is 11.3 Å². The normalized spacial score (nSPS) is 13.7. The summed E-state index contributed by atoms with van der Waals surface area (Å²) in [7, 11) is 0. The predicted molar refractivity (Wildman–Crippen MR) is 112 cm³/mol. The molecule has 0 N–H and O–H groups in total. The van der Waals surface area contributed by atoms with Crippen molar-refractivity contribution in [2.45, 2.75) is 51.6 Å². The van der Waals surface area contributed by atoms with Crippen molar-refractivity contribution in [3.05, 3.63) is 50.6 Å². The fraction of sp³-hybridized carbons (Fsp3) is 0.429. The maximum absolute atomic E-state index is 13.5. The van der Waals surface area contributed by atoms with Gasteiger partial charge in [-0.05, 0) is 61.8 Å². The standard InChI is InChI=1S/C21H24N2OS2/c1-13(2)10-11-25-21-22-19-18(16-8-5-9-17(16)26-19)20(24)23(21)15-7-4-6-14(3)12-15/h4,6-7,12-13H,5,8-11H2,1-3H3. The molecule has 1 aliphatic carbocycles. The van der Waals surface area contributed by atoms with Crippen molar-refractivity contribution in [3.63, 3.8) is 0 Å². The first-order valence-corrected chi connectivity index (χ1v) is 11.1. The molecule has 0 amide bonds. The van der Waals surface area contributed by atoms with E-state index in [0.717, 1.165) is 58.1 Å². The predicted octanol–water partition coefficient (Wildman–Crippen LogP) is 5.38. The summed E-state index contributed by atoms with van der Waals surface area (Å²) in [4.78, 5) is 20.7. The molecule has 136 valence electrons. The Bertz CT molecular complexity index is 1020. The van der Waals surface area contributed by atoms with Crippen LogP contribution in [0.5, 0.6) is 0 Å². The van der Waals surface area contributed by atoms with Crippen LogP contribution in [-0.4, -0.2) is 15.3 Å². The summed E-state index contributed by atoms with van der Waals surface area (Å²) in [6.07, 6.45) is 4.38. The van der Waals surface area contributed by atoms with Crippen molar-refractivity contribution in [2.24, 2.45) is 5.92 Å². The van der Waals surface area contributed by atoms with Gasteiger partial charge in [-0.25, -0.2) is 4.98 Å². The Kier molecular flexibility index (Phi) is 4.93. The Morgan fingerprint density at radius 3 is 2.92 bits per heavy atom. The molecule has 0 atom stereocenters. The van der Waals surface area contributed by atoms with Gasteiger partial charge in [0.2, 0.25) is 0 Å². The number of rotatable bonds is 5. The minimum Gasteiger partial charge on any atom is -0.268 e. The highest BCUT2D eigenvalue weighted by molar-refractivity contribution is 7.99. The quantitative estimate of drug-likeness (QED) is 0.437. The number of hydrogen-bond donors (Lipinski definition) is 0. The Balaban J connectivity index is 1.90. The molecular weight excluding hydrogens is 360 g/mol. The van der Waals surface area contributed by atoms with E-state index in [9.17, 15) is 4.79 Å². The number of hydrogen-bond acceptors (Lipinski definition) is 4. The smallest absolute Gasteiger partial charge is 0.267 e. The summed E-state index contributed by atoms with van der Waals surface area (Å²) in [5.74, 6) is 1.63. The van der Waals surface area contributed by atoms with Gasteiger partial charge in [0.1, 0.15) is 4.83 Å². The number of aryl methyl sites for hydroxylation is 3. The molecular formula is C21H24N2OS2. The lowest BCUT2D eigenvalue weighted by molar-refractivity contribution is 0.631. The van der Waals surface area contributed by atoms with E-state index in [4.69, 9.17) is 4.98 Å². The van der Waals surface area contributed by atoms with E-state index in [0.29, 0.717) is 5.92 Å². The van der Waals surface area contributed by atoms with E-state index >= 15 is 0 Å². The highest BCUT2D eigenvalue weighted by atomic mass is 32.2. The van der Waals surface area contributed by atoms with Crippen molar-refractivity contribution >= 4 is 33.3 Å². The summed E-state index contributed by atoms with van der Waals surface area (Å²) in [5, 5.41) is 1.69. The van der Waals surface area contributed by atoms with E-state index in [-0.39, 0.29) is 5.56 Å². The fourth-order valence-electron chi connectivity index (χ4n) is 3.50. The number of aromatic nitrogens is 2. The second kappa shape index (κ2) is 7.20. The molecule has 4 rings (SSSR count). The number of thiophene rings is 1. The first-order chi connectivity index (χ1) is 12.5. The van der Waals surface area contributed by atoms with Crippen LogP contribution in [0.3, 0.4) is 0 Å². The molecule has 0 saturated carbocycles. The molecule has 0 spiro atoms. The lowest BCUT2D eigenvalue weighted by atomic mass is 10.2. The van der Waals surface area contributed by atoms with Crippen molar-refractivity contribution < 1.29 is 0 Å². The Hall–Kier alpha value is -1.59. The minimum atomic E-state index is 0.104. The Labute approximate surface area is 162 Å². The van der Waals surface area contributed by atoms with Gasteiger partial charge in [0.25, 0.3) is 5.56 Å². The molecule has 0 fully saturated rings. The molecule has 0 radical (unpaired) electrons. The maximum Gasteiger partial charge on any atom is 0.267 e. The van der Waals surface area contributed by atoms with Crippen LogP contribution in [0, 0.1) is 12.8 Å². The van der Waals surface area contributed by atoms with Crippen LogP contribution in [0.1, 0.15) is 42.7 Å². The summed E-state index contributed by atoms with van der Waals surface area (Å²) < 4.78 is 1.84. The molecule has 0 bridgehead atoms. The molecule has 2 heterocycles. The van der Waals surface area contributed by atoms with Crippen LogP contribution in [-0.2, 0) is 12.8 Å². The summed E-state index contributed by atoms with van der Waals surface area (Å²) in [6.45, 7) is 6.53. The Morgan fingerprint density at radius 1 is 1.31 bits per heavy atom. The molecule has 2 aromatic heterocycles. The molecule has 3 nitrogen and oxygen atoms in total. The maximum atomic E-state index is 13.5. The molecule has 0 aliphatic heterocycles. The van der Waals surface area contributed by atoms with E-state index < -0.39 is 0 Å². The average molecular weight is 385 g/mol. The van der Waals surface area contributed by atoms with Crippen molar-refractivity contribution in [3.8, 4) is 5.69 Å². The number of nitrogens with zero attached hydrogens (tertiary/aromatic N) is 2. The zero-order valence-corrected chi connectivity index (χ0v) is 17.2. The van der Waals surface area contributed by atoms with Crippen molar-refractivity contribution in [1.29, 1.82) is 0 Å². The summed E-state index contributed by atoms with van der Waals surface area (Å²) >= 11 is 3.43. The molecule has 0 unspecified atom stereocenters. The van der Waals surface area contributed by atoms with Gasteiger partial charge in [-0.2, -0.15) is 0 Å². The third-order valence-corrected chi connectivity index (χ3v) is 7.05. The zero-order valence-electron chi connectivity index (χ0n) is 15.5. The first-order valence-electron chi connectivity index (χ1n) is 9.31. The van der Waals surface area contributed by atoms with Crippen molar-refractivity contribution in [2.75, 3.05) is 5.75 Å². The third-order valence-electron chi connectivity index (χ3n) is 4.89. The number of thioether (sulfide) groups is 1. The Morgan fingerprint density at radius 2 is 2.15 bits per heavy atom. The van der Waals surface area contributed by atoms with Gasteiger partial charge in [-0.3, -0.25) is 9.36 Å². The van der Waals surface area contributed by atoms with Gasteiger partial charge in [0.15, 0.2) is 5.16 Å². The highest BCUT2D eigenvalue weighted by Crippen LogP contribution is 2.36. The van der Waals surface area contributed by atoms with E-state index in [1.165, 1.54) is 10.4 Å². The third kappa shape index (κ3) is 3.23. The van der Waals surface area contributed by atoms with E-state index in [1.807, 2.05) is 16.7 Å². The molecule has 5 heteroatoms. The molecule has 26 heavy (non-hydrogen) atoms. The second-order valence-corrected chi connectivity index (χ2v) is 9.59. The topological polar surface area (TPSA) is 34.9 Å². The minimum absolute atomic E-state index is 0.104. The van der Waals surface area contributed by atoms with Crippen LogP contribution < -0.4 is 5.56 Å². The van der Waals surface area contributed by atoms with Gasteiger partial charge in [-0.1, -0.05) is 37.7 Å². The molecule has 1 aliphatic rings.